The van der Waals surface area contributed by atoms with E-state index >= 15 is 0 Å². The van der Waals surface area contributed by atoms with Gasteiger partial charge in [-0.25, -0.2) is 0 Å². The molecule has 1 fully saturated rings. The Morgan fingerprint density at radius 3 is 2.38 bits per heavy atom. The van der Waals surface area contributed by atoms with Gasteiger partial charge in [-0.2, -0.15) is 0 Å². The van der Waals surface area contributed by atoms with Gasteiger partial charge in [-0.3, -0.25) is 24.1 Å². The Hall–Kier alpha value is -3.74. The zero-order valence-electron chi connectivity index (χ0n) is 21.9. The fraction of sp³-hybridized carbons (Fsp3) is 0.481. The van der Waals surface area contributed by atoms with E-state index in [9.17, 15) is 39.6 Å². The van der Waals surface area contributed by atoms with Crippen LogP contribution < -0.4 is 11.5 Å². The highest BCUT2D eigenvalue weighted by atomic mass is 16.5. The highest BCUT2D eigenvalue weighted by molar-refractivity contribution is 6.24. The lowest BCUT2D eigenvalue weighted by atomic mass is 9.54. The summed E-state index contributed by atoms with van der Waals surface area (Å²) >= 11 is 0. The standard InChI is InChI=1S/C27H33N3O9/c1-11-12-7-6-8-13(31)16(12)21(33)17-15(11)23(39-14(32)9-4-5-10-28)19-20(30(2)3)22(34)18(26(29)37)25(36)27(19,38)24(17)35/h6-8,11,15,19-20,23,31,33,36,38H,4-5,9-10,28H2,1-3H3,(H2,29,37)/t11-,15+,19+,20-,23-,27-/m1/s1. The zero-order valence-corrected chi connectivity index (χ0v) is 21.9. The number of ether oxygens (including phenoxy) is 1. The number of hydrogen-bond acceptors (Lipinski definition) is 11. The molecule has 0 unspecified atom stereocenters. The normalized spacial score (nSPS) is 30.2. The highest BCUT2D eigenvalue weighted by Gasteiger charge is 2.69. The summed E-state index contributed by atoms with van der Waals surface area (Å²) in [5, 5.41) is 44.9. The molecule has 4 rings (SSSR count). The summed E-state index contributed by atoms with van der Waals surface area (Å²) in [5.74, 6) is -9.78. The summed E-state index contributed by atoms with van der Waals surface area (Å²) in [4.78, 5) is 54.2. The minimum absolute atomic E-state index is 0.0469. The predicted molar refractivity (Wildman–Crippen MR) is 137 cm³/mol. The number of likely N-dealkylation sites (N-methyl/N-ethyl adjacent to an activating group) is 1. The van der Waals surface area contributed by atoms with Crippen molar-refractivity contribution in [2.45, 2.75) is 49.9 Å². The molecule has 39 heavy (non-hydrogen) atoms. The lowest BCUT2D eigenvalue weighted by Crippen LogP contribution is -2.71. The maximum absolute atomic E-state index is 14.1. The molecule has 0 radical (unpaired) electrons. The molecule has 6 atom stereocenters. The number of esters is 1. The molecule has 210 valence electrons. The number of primary amides is 1. The van der Waals surface area contributed by atoms with E-state index in [-0.39, 0.29) is 17.7 Å². The summed E-state index contributed by atoms with van der Waals surface area (Å²) in [6, 6.07) is 3.08. The molecule has 1 amide bonds. The molecule has 12 heteroatoms. The number of nitrogens with zero attached hydrogens (tertiary/aromatic N) is 1. The van der Waals surface area contributed by atoms with Crippen molar-refractivity contribution < 1.29 is 44.3 Å². The number of carbonyl (C=O) groups excluding carboxylic acids is 4. The minimum Gasteiger partial charge on any atom is -0.508 e. The molecule has 8 N–H and O–H groups in total. The van der Waals surface area contributed by atoms with Crippen LogP contribution in [0.4, 0.5) is 0 Å². The maximum atomic E-state index is 14.1. The van der Waals surface area contributed by atoms with Crippen LogP contribution in [-0.2, 0) is 23.9 Å². The fourth-order valence-corrected chi connectivity index (χ4v) is 6.31. The number of carbonyl (C=O) groups is 4. The summed E-state index contributed by atoms with van der Waals surface area (Å²) in [6.07, 6.45) is -0.540. The summed E-state index contributed by atoms with van der Waals surface area (Å²) < 4.78 is 5.90. The number of fused-ring (bicyclic) bond motifs is 3. The number of amides is 1. The number of nitrogens with two attached hydrogens (primary N) is 2. The van der Waals surface area contributed by atoms with Crippen molar-refractivity contribution in [3.8, 4) is 5.75 Å². The molecule has 1 saturated carbocycles. The van der Waals surface area contributed by atoms with Crippen LogP contribution in [-0.4, -0.2) is 87.2 Å². The predicted octanol–water partition coefficient (Wildman–Crippen LogP) is 0.176. The molecule has 0 bridgehead atoms. The van der Waals surface area contributed by atoms with E-state index in [1.54, 1.807) is 19.1 Å². The third kappa shape index (κ3) is 4.10. The van der Waals surface area contributed by atoms with Crippen molar-refractivity contribution >= 4 is 29.2 Å². The quantitative estimate of drug-likeness (QED) is 0.155. The first-order valence-corrected chi connectivity index (χ1v) is 12.7. The van der Waals surface area contributed by atoms with Crippen LogP contribution in [0.3, 0.4) is 0 Å². The third-order valence-electron chi connectivity index (χ3n) is 8.07. The van der Waals surface area contributed by atoms with Gasteiger partial charge in [0.2, 0.25) is 5.78 Å². The molecule has 1 aromatic rings. The van der Waals surface area contributed by atoms with Gasteiger partial charge in [0.15, 0.2) is 11.4 Å². The lowest BCUT2D eigenvalue weighted by Gasteiger charge is -2.54. The van der Waals surface area contributed by atoms with Crippen LogP contribution in [0.15, 0.2) is 35.1 Å². The van der Waals surface area contributed by atoms with E-state index in [1.807, 2.05) is 0 Å². The molecule has 0 saturated heterocycles. The molecule has 3 aliphatic rings. The number of rotatable bonds is 7. The summed E-state index contributed by atoms with van der Waals surface area (Å²) in [7, 11) is 2.93. The first-order chi connectivity index (χ1) is 18.3. The van der Waals surface area contributed by atoms with E-state index in [1.165, 1.54) is 25.1 Å². The van der Waals surface area contributed by atoms with Crippen molar-refractivity contribution in [1.29, 1.82) is 0 Å². The number of ketones is 2. The molecular formula is C27H33N3O9. The van der Waals surface area contributed by atoms with E-state index in [0.717, 1.165) is 0 Å². The summed E-state index contributed by atoms with van der Waals surface area (Å²) in [6.45, 7) is 2.04. The van der Waals surface area contributed by atoms with Gasteiger partial charge in [0.05, 0.1) is 17.5 Å². The highest BCUT2D eigenvalue weighted by Crippen LogP contribution is 2.56. The molecule has 1 aromatic carbocycles. The van der Waals surface area contributed by atoms with Gasteiger partial charge in [0, 0.05) is 17.9 Å². The van der Waals surface area contributed by atoms with Crippen LogP contribution in [0.25, 0.3) is 5.76 Å². The molecular weight excluding hydrogens is 510 g/mol. The number of aliphatic hydroxyl groups is 3. The van der Waals surface area contributed by atoms with Crippen LogP contribution >= 0.6 is 0 Å². The van der Waals surface area contributed by atoms with Crippen molar-refractivity contribution in [2.75, 3.05) is 20.6 Å². The first kappa shape index (κ1) is 28.3. The van der Waals surface area contributed by atoms with Gasteiger partial charge in [-0.1, -0.05) is 19.1 Å². The second kappa shape index (κ2) is 10.1. The van der Waals surface area contributed by atoms with Crippen molar-refractivity contribution in [3.63, 3.8) is 0 Å². The fourth-order valence-electron chi connectivity index (χ4n) is 6.31. The number of phenolic OH excluding ortho intramolecular Hbond substituents is 1. The molecule has 0 heterocycles. The smallest absolute Gasteiger partial charge is 0.306 e. The SMILES string of the molecule is C[C@@H]1c2cccc(O)c2C(O)=C2C(=O)[C@@]3(O)C(O)=C(C(N)=O)C(=O)[C@H](N(C)C)[C@H]3[C@H](OC(=O)CCCCN)[C@H]21. The maximum Gasteiger partial charge on any atom is 0.306 e. The van der Waals surface area contributed by atoms with Crippen LogP contribution in [0.2, 0.25) is 0 Å². The van der Waals surface area contributed by atoms with Crippen LogP contribution in [0.5, 0.6) is 5.75 Å². The largest absolute Gasteiger partial charge is 0.508 e. The van der Waals surface area contributed by atoms with E-state index in [0.29, 0.717) is 24.9 Å². The molecule has 0 aliphatic heterocycles. The van der Waals surface area contributed by atoms with Crippen molar-refractivity contribution in [2.24, 2.45) is 23.3 Å². The Bertz CT molecular complexity index is 1320. The van der Waals surface area contributed by atoms with Crippen LogP contribution in [0, 0.1) is 11.8 Å². The molecule has 12 nitrogen and oxygen atoms in total. The monoisotopic (exact) mass is 543 g/mol. The third-order valence-corrected chi connectivity index (χ3v) is 8.07. The van der Waals surface area contributed by atoms with E-state index in [2.05, 4.69) is 0 Å². The number of aromatic hydroxyl groups is 1. The number of Topliss-reactive ketones (excluding diaryl/α,β-unsaturated/α-hetero) is 2. The number of benzene rings is 1. The zero-order chi connectivity index (χ0) is 29.0. The Labute approximate surface area is 224 Å². The molecule has 0 spiro atoms. The van der Waals surface area contributed by atoms with Gasteiger partial charge in [-0.15, -0.1) is 0 Å². The average molecular weight is 544 g/mol. The average Bonchev–Trinajstić information content (AvgIpc) is 2.85. The molecule has 3 aliphatic carbocycles. The molecule has 0 aromatic heterocycles. The number of hydrogen-bond donors (Lipinski definition) is 6. The van der Waals surface area contributed by atoms with Gasteiger partial charge < -0.3 is 36.6 Å². The van der Waals surface area contributed by atoms with Crippen molar-refractivity contribution in [3.05, 3.63) is 46.2 Å². The minimum atomic E-state index is -2.96. The second-order valence-corrected chi connectivity index (χ2v) is 10.5. The topological polar surface area (TPSA) is 214 Å². The first-order valence-electron chi connectivity index (χ1n) is 12.7. The Balaban J connectivity index is 2.03. The van der Waals surface area contributed by atoms with Gasteiger partial charge >= 0.3 is 5.97 Å². The van der Waals surface area contributed by atoms with Gasteiger partial charge in [-0.05, 0) is 51.0 Å². The Morgan fingerprint density at radius 1 is 1.13 bits per heavy atom. The number of phenols is 1. The second-order valence-electron chi connectivity index (χ2n) is 10.5. The van der Waals surface area contributed by atoms with E-state index < -0.39 is 81.6 Å². The van der Waals surface area contributed by atoms with Crippen molar-refractivity contribution in [1.82, 2.24) is 4.90 Å². The number of aliphatic hydroxyl groups excluding tert-OH is 2. The Morgan fingerprint density at radius 2 is 1.79 bits per heavy atom. The van der Waals surface area contributed by atoms with E-state index in [4.69, 9.17) is 16.2 Å². The summed E-state index contributed by atoms with van der Waals surface area (Å²) in [5.41, 5.74) is 6.98. The van der Waals surface area contributed by atoms with Gasteiger partial charge in [0.1, 0.15) is 28.9 Å². The van der Waals surface area contributed by atoms with Gasteiger partial charge in [0.25, 0.3) is 5.91 Å². The Kier molecular flexibility index (Phi) is 7.32. The number of unbranched alkanes of at least 4 members (excludes halogenated alkanes) is 1. The van der Waals surface area contributed by atoms with Crippen LogP contribution in [0.1, 0.15) is 43.2 Å². The lowest BCUT2D eigenvalue weighted by molar-refractivity contribution is -0.185.